The van der Waals surface area contributed by atoms with E-state index in [4.69, 9.17) is 4.74 Å². The molecule has 1 rings (SSSR count). The van der Waals surface area contributed by atoms with E-state index < -0.39 is 0 Å². The molecule has 0 aromatic carbocycles. The SMILES string of the molecule is C=S(C)C1CCCCO1. The van der Waals surface area contributed by atoms with Crippen molar-refractivity contribution >= 4 is 16.4 Å². The highest BCUT2D eigenvalue weighted by atomic mass is 32.2. The first-order valence-electron chi connectivity index (χ1n) is 3.37. The van der Waals surface area contributed by atoms with Crippen molar-refractivity contribution in [1.82, 2.24) is 0 Å². The Morgan fingerprint density at radius 2 is 2.33 bits per heavy atom. The van der Waals surface area contributed by atoms with E-state index in [2.05, 4.69) is 12.1 Å². The Morgan fingerprint density at radius 3 is 2.67 bits per heavy atom. The average Bonchev–Trinajstić information content (AvgIpc) is 1.90. The Morgan fingerprint density at radius 1 is 1.56 bits per heavy atom. The van der Waals surface area contributed by atoms with Crippen LogP contribution >= 0.6 is 10.5 Å². The van der Waals surface area contributed by atoms with Crippen LogP contribution in [0.15, 0.2) is 0 Å². The predicted molar refractivity (Wildman–Crippen MR) is 44.2 cm³/mol. The maximum Gasteiger partial charge on any atom is 0.0973 e. The number of hydrogen-bond acceptors (Lipinski definition) is 1. The average molecular weight is 146 g/mol. The molecule has 0 amide bonds. The fraction of sp³-hybridized carbons (Fsp3) is 0.857. The van der Waals surface area contributed by atoms with Gasteiger partial charge in [0, 0.05) is 6.61 Å². The van der Waals surface area contributed by atoms with Crippen LogP contribution in [0.3, 0.4) is 0 Å². The summed E-state index contributed by atoms with van der Waals surface area (Å²) in [6, 6.07) is 0. The minimum atomic E-state index is 0.226. The molecule has 2 heteroatoms. The van der Waals surface area contributed by atoms with Crippen LogP contribution in [0.1, 0.15) is 19.3 Å². The molecule has 0 N–H and O–H groups in total. The molecule has 1 aliphatic rings. The van der Waals surface area contributed by atoms with Crippen LogP contribution < -0.4 is 0 Å². The van der Waals surface area contributed by atoms with Gasteiger partial charge in [-0.15, -0.1) is 0 Å². The second-order valence-electron chi connectivity index (χ2n) is 2.49. The maximum atomic E-state index is 5.49. The smallest absolute Gasteiger partial charge is 0.0973 e. The van der Waals surface area contributed by atoms with Crippen molar-refractivity contribution in [3.8, 4) is 0 Å². The third-order valence-electron chi connectivity index (χ3n) is 1.59. The van der Waals surface area contributed by atoms with E-state index in [1.807, 2.05) is 0 Å². The Labute approximate surface area is 59.3 Å². The molecule has 0 saturated carbocycles. The monoisotopic (exact) mass is 146 g/mol. The van der Waals surface area contributed by atoms with Gasteiger partial charge in [0.15, 0.2) is 0 Å². The summed E-state index contributed by atoms with van der Waals surface area (Å²) >= 11 is 0. The molecule has 2 unspecified atom stereocenters. The molecule has 2 atom stereocenters. The van der Waals surface area contributed by atoms with E-state index in [1.54, 1.807) is 0 Å². The third-order valence-corrected chi connectivity index (χ3v) is 2.86. The topological polar surface area (TPSA) is 9.23 Å². The van der Waals surface area contributed by atoms with Gasteiger partial charge in [0.25, 0.3) is 0 Å². The number of ether oxygens (including phenoxy) is 1. The van der Waals surface area contributed by atoms with Gasteiger partial charge >= 0.3 is 0 Å². The quantitative estimate of drug-likeness (QED) is 0.513. The van der Waals surface area contributed by atoms with Gasteiger partial charge < -0.3 is 4.74 Å². The van der Waals surface area contributed by atoms with E-state index in [-0.39, 0.29) is 10.5 Å². The Balaban J connectivity index is 2.31. The van der Waals surface area contributed by atoms with Crippen molar-refractivity contribution in [3.05, 3.63) is 0 Å². The zero-order valence-electron chi connectivity index (χ0n) is 5.93. The summed E-state index contributed by atoms with van der Waals surface area (Å²) in [5, 5.41) is 0. The second kappa shape index (κ2) is 3.37. The summed E-state index contributed by atoms with van der Waals surface area (Å²) in [5.74, 6) is 3.96. The minimum absolute atomic E-state index is 0.226. The lowest BCUT2D eigenvalue weighted by Crippen LogP contribution is -2.16. The molecule has 1 aliphatic heterocycles. The summed E-state index contributed by atoms with van der Waals surface area (Å²) in [7, 11) is 0.226. The van der Waals surface area contributed by atoms with Gasteiger partial charge in [-0.3, -0.25) is 0 Å². The summed E-state index contributed by atoms with van der Waals surface area (Å²) in [6.45, 7) is 0.956. The van der Waals surface area contributed by atoms with Gasteiger partial charge in [-0.05, 0) is 25.5 Å². The van der Waals surface area contributed by atoms with Crippen molar-refractivity contribution in [2.45, 2.75) is 24.7 Å². The van der Waals surface area contributed by atoms with Gasteiger partial charge in [0.05, 0.1) is 5.44 Å². The molecule has 1 fully saturated rings. The highest BCUT2D eigenvalue weighted by molar-refractivity contribution is 8.13. The highest BCUT2D eigenvalue weighted by Gasteiger charge is 2.12. The van der Waals surface area contributed by atoms with E-state index in [0.29, 0.717) is 5.44 Å². The van der Waals surface area contributed by atoms with Crippen LogP contribution in [-0.2, 0) is 4.74 Å². The Kier molecular flexibility index (Phi) is 2.73. The fourth-order valence-electron chi connectivity index (χ4n) is 1.03. The summed E-state index contributed by atoms with van der Waals surface area (Å²) in [4.78, 5) is 0. The summed E-state index contributed by atoms with van der Waals surface area (Å²) in [6.07, 6.45) is 5.95. The van der Waals surface area contributed by atoms with Crippen molar-refractivity contribution in [2.24, 2.45) is 0 Å². The van der Waals surface area contributed by atoms with Crippen LogP contribution in [0.25, 0.3) is 0 Å². The van der Waals surface area contributed by atoms with Gasteiger partial charge in [-0.2, -0.15) is 10.5 Å². The molecule has 1 heterocycles. The molecule has 0 aliphatic carbocycles. The lowest BCUT2D eigenvalue weighted by Gasteiger charge is -2.22. The fourth-order valence-corrected chi connectivity index (χ4v) is 1.93. The van der Waals surface area contributed by atoms with Crippen LogP contribution in [0.5, 0.6) is 0 Å². The largest absolute Gasteiger partial charge is 0.368 e. The van der Waals surface area contributed by atoms with Crippen molar-refractivity contribution < 1.29 is 4.74 Å². The molecule has 9 heavy (non-hydrogen) atoms. The van der Waals surface area contributed by atoms with Gasteiger partial charge in [-0.1, -0.05) is 5.87 Å². The van der Waals surface area contributed by atoms with E-state index in [9.17, 15) is 0 Å². The summed E-state index contributed by atoms with van der Waals surface area (Å²) in [5.41, 5.74) is 0.471. The van der Waals surface area contributed by atoms with E-state index in [1.165, 1.54) is 19.3 Å². The predicted octanol–water partition coefficient (Wildman–Crippen LogP) is 1.84. The van der Waals surface area contributed by atoms with Gasteiger partial charge in [0.1, 0.15) is 0 Å². The molecule has 0 radical (unpaired) electrons. The van der Waals surface area contributed by atoms with Crippen molar-refractivity contribution in [3.63, 3.8) is 0 Å². The normalized spacial score (nSPS) is 31.9. The van der Waals surface area contributed by atoms with Crippen LogP contribution in [0, 0.1) is 0 Å². The Bertz CT molecular complexity index is 105. The summed E-state index contributed by atoms with van der Waals surface area (Å²) < 4.78 is 5.49. The standard InChI is InChI=1S/C7H14OS/c1-9(2)7-5-3-4-6-8-7/h7H,1,3-6H2,2H3. The molecule has 1 nitrogen and oxygen atoms in total. The van der Waals surface area contributed by atoms with E-state index in [0.717, 1.165) is 6.61 Å². The maximum absolute atomic E-state index is 5.49. The Hall–Kier alpha value is 0.180. The molecule has 0 aromatic rings. The molecule has 0 aromatic heterocycles. The van der Waals surface area contributed by atoms with Gasteiger partial charge in [-0.25, -0.2) is 0 Å². The molecule has 0 spiro atoms. The minimum Gasteiger partial charge on any atom is -0.368 e. The van der Waals surface area contributed by atoms with Crippen LogP contribution in [0.2, 0.25) is 0 Å². The molecular weight excluding hydrogens is 132 g/mol. The molecular formula is C7H14OS. The van der Waals surface area contributed by atoms with Crippen molar-refractivity contribution in [2.75, 3.05) is 12.9 Å². The van der Waals surface area contributed by atoms with Crippen LogP contribution in [-0.4, -0.2) is 24.2 Å². The molecule has 0 bridgehead atoms. The first kappa shape index (κ1) is 7.29. The van der Waals surface area contributed by atoms with Crippen molar-refractivity contribution in [1.29, 1.82) is 0 Å². The molecule has 1 saturated heterocycles. The lowest BCUT2D eigenvalue weighted by atomic mass is 10.2. The highest BCUT2D eigenvalue weighted by Crippen LogP contribution is 2.24. The number of hydrogen-bond donors (Lipinski definition) is 0. The zero-order valence-corrected chi connectivity index (χ0v) is 6.75. The van der Waals surface area contributed by atoms with Gasteiger partial charge in [0.2, 0.25) is 0 Å². The molecule has 54 valence electrons. The first-order valence-corrected chi connectivity index (χ1v) is 5.23. The number of rotatable bonds is 1. The lowest BCUT2D eigenvalue weighted by molar-refractivity contribution is 0.0728. The first-order chi connectivity index (χ1) is 4.30. The van der Waals surface area contributed by atoms with E-state index >= 15 is 0 Å². The second-order valence-corrected chi connectivity index (χ2v) is 4.40. The zero-order chi connectivity index (χ0) is 6.69. The third kappa shape index (κ3) is 2.11. The van der Waals surface area contributed by atoms with Crippen LogP contribution in [0.4, 0.5) is 0 Å².